The summed E-state index contributed by atoms with van der Waals surface area (Å²) in [5.74, 6) is 0.488. The van der Waals surface area contributed by atoms with Crippen LogP contribution in [0.15, 0.2) is 36.4 Å². The van der Waals surface area contributed by atoms with Crippen molar-refractivity contribution in [3.63, 3.8) is 0 Å². The highest BCUT2D eigenvalue weighted by molar-refractivity contribution is 5.76. The van der Waals surface area contributed by atoms with Crippen LogP contribution >= 0.6 is 0 Å². The molecule has 0 bridgehead atoms. The summed E-state index contributed by atoms with van der Waals surface area (Å²) < 4.78 is 11.5. The van der Waals surface area contributed by atoms with Gasteiger partial charge in [-0.25, -0.2) is 0 Å². The molecule has 0 fully saturated rings. The first-order valence-corrected chi connectivity index (χ1v) is 13.4. The molecule has 0 spiro atoms. The van der Waals surface area contributed by atoms with Crippen molar-refractivity contribution in [1.82, 2.24) is 0 Å². The van der Waals surface area contributed by atoms with Gasteiger partial charge in [0.15, 0.2) is 0 Å². The average Bonchev–Trinajstić information content (AvgIpc) is 2.71. The van der Waals surface area contributed by atoms with E-state index in [-0.39, 0.29) is 46.4 Å². The SMILES string of the molecule is CC(C)(C)c1ccc(OC(=O)CCCC(=O)Oc2ccc(C(C)(C)C)cc2C(C)(C)C)c(C(C)(C)C)c1. The van der Waals surface area contributed by atoms with E-state index in [4.69, 9.17) is 9.47 Å². The molecule has 4 nitrogen and oxygen atoms in total. The Hall–Kier alpha value is -2.62. The Morgan fingerprint density at radius 3 is 1.14 bits per heavy atom. The summed E-state index contributed by atoms with van der Waals surface area (Å²) in [7, 11) is 0. The molecule has 2 rings (SSSR count). The van der Waals surface area contributed by atoms with E-state index < -0.39 is 0 Å². The fourth-order valence-electron chi connectivity index (χ4n) is 4.07. The van der Waals surface area contributed by atoms with Crippen LogP contribution in [0, 0.1) is 0 Å². The number of carbonyl (C=O) groups is 2. The summed E-state index contributed by atoms with van der Waals surface area (Å²) in [6.45, 7) is 25.7. The van der Waals surface area contributed by atoms with Crippen molar-refractivity contribution in [3.8, 4) is 11.5 Å². The van der Waals surface area contributed by atoms with Gasteiger partial charge >= 0.3 is 11.9 Å². The van der Waals surface area contributed by atoms with Crippen LogP contribution in [-0.4, -0.2) is 11.9 Å². The van der Waals surface area contributed by atoms with Crippen molar-refractivity contribution in [2.24, 2.45) is 0 Å². The van der Waals surface area contributed by atoms with Crippen molar-refractivity contribution in [3.05, 3.63) is 58.7 Å². The van der Waals surface area contributed by atoms with Gasteiger partial charge in [-0.3, -0.25) is 9.59 Å². The van der Waals surface area contributed by atoms with Crippen molar-refractivity contribution < 1.29 is 19.1 Å². The fraction of sp³-hybridized carbons (Fsp3) is 0.576. The van der Waals surface area contributed by atoms with E-state index in [1.807, 2.05) is 24.3 Å². The lowest BCUT2D eigenvalue weighted by Gasteiger charge is -2.27. The topological polar surface area (TPSA) is 52.6 Å². The van der Waals surface area contributed by atoms with Gasteiger partial charge in [0.25, 0.3) is 0 Å². The van der Waals surface area contributed by atoms with E-state index in [0.29, 0.717) is 17.9 Å². The summed E-state index contributed by atoms with van der Waals surface area (Å²) in [5.41, 5.74) is 4.06. The van der Waals surface area contributed by atoms with E-state index in [1.54, 1.807) is 0 Å². The van der Waals surface area contributed by atoms with Gasteiger partial charge in [0.05, 0.1) is 0 Å². The Morgan fingerprint density at radius 1 is 0.541 bits per heavy atom. The van der Waals surface area contributed by atoms with Crippen LogP contribution in [-0.2, 0) is 31.2 Å². The van der Waals surface area contributed by atoms with Gasteiger partial charge in [-0.1, -0.05) is 107 Å². The lowest BCUT2D eigenvalue weighted by Crippen LogP contribution is -2.20. The Bertz CT molecular complexity index is 1020. The summed E-state index contributed by atoms with van der Waals surface area (Å²) >= 11 is 0. The first kappa shape index (κ1) is 30.6. The van der Waals surface area contributed by atoms with Crippen LogP contribution in [0.1, 0.15) is 125 Å². The normalized spacial score (nSPS) is 12.9. The van der Waals surface area contributed by atoms with E-state index in [0.717, 1.165) is 11.1 Å². The van der Waals surface area contributed by atoms with Crippen molar-refractivity contribution >= 4 is 11.9 Å². The molecule has 0 aliphatic carbocycles. The molecule has 0 amide bonds. The minimum Gasteiger partial charge on any atom is -0.426 e. The van der Waals surface area contributed by atoms with Crippen molar-refractivity contribution in [1.29, 1.82) is 0 Å². The molecule has 0 aliphatic rings. The van der Waals surface area contributed by atoms with Crippen molar-refractivity contribution in [2.45, 2.75) is 124 Å². The third kappa shape index (κ3) is 8.72. The summed E-state index contributed by atoms with van der Waals surface area (Å²) in [4.78, 5) is 25.3. The van der Waals surface area contributed by atoms with Crippen LogP contribution in [0.25, 0.3) is 0 Å². The molecule has 204 valence electrons. The maximum atomic E-state index is 12.7. The molecular formula is C33H48O4. The first-order chi connectivity index (χ1) is 16.7. The third-order valence-electron chi connectivity index (χ3n) is 6.52. The average molecular weight is 509 g/mol. The summed E-state index contributed by atoms with van der Waals surface area (Å²) in [6.07, 6.45) is 0.664. The molecule has 0 unspecified atom stereocenters. The predicted octanol–water partition coefficient (Wildman–Crippen LogP) is 8.56. The first-order valence-electron chi connectivity index (χ1n) is 13.4. The lowest BCUT2D eigenvalue weighted by molar-refractivity contribution is -0.136. The number of carbonyl (C=O) groups excluding carboxylic acids is 2. The maximum Gasteiger partial charge on any atom is 0.311 e. The monoisotopic (exact) mass is 508 g/mol. The minimum atomic E-state index is -0.341. The summed E-state index contributed by atoms with van der Waals surface area (Å²) in [5, 5.41) is 0. The molecule has 0 N–H and O–H groups in total. The molecule has 0 atom stereocenters. The Labute approximate surface area is 225 Å². The quantitative estimate of drug-likeness (QED) is 0.290. The standard InChI is InChI=1S/C33H48O4/c1-30(2,3)22-16-18-26(24(20-22)32(7,8)9)36-28(34)14-13-15-29(35)37-27-19-17-23(31(4,5)6)21-25(27)33(10,11)12/h16-21H,13-15H2,1-12H3. The van der Waals surface area contributed by atoms with Crippen molar-refractivity contribution in [2.75, 3.05) is 0 Å². The molecule has 2 aromatic carbocycles. The minimum absolute atomic E-state index is 0.00280. The Kier molecular flexibility index (Phi) is 9.11. The van der Waals surface area contributed by atoms with Crippen LogP contribution in [0.4, 0.5) is 0 Å². The molecule has 0 radical (unpaired) electrons. The van der Waals surface area contributed by atoms with Gasteiger partial charge in [-0.15, -0.1) is 0 Å². The van der Waals surface area contributed by atoms with Crippen LogP contribution < -0.4 is 9.47 Å². The van der Waals surface area contributed by atoms with Crippen LogP contribution in [0.2, 0.25) is 0 Å². The molecule has 0 aliphatic heterocycles. The van der Waals surface area contributed by atoms with Gasteiger partial charge in [-0.05, 0) is 51.3 Å². The zero-order valence-corrected chi connectivity index (χ0v) is 25.2. The number of rotatable bonds is 6. The fourth-order valence-corrected chi connectivity index (χ4v) is 4.07. The van der Waals surface area contributed by atoms with E-state index >= 15 is 0 Å². The second-order valence-corrected chi connectivity index (χ2v) is 14.2. The third-order valence-corrected chi connectivity index (χ3v) is 6.52. The smallest absolute Gasteiger partial charge is 0.311 e. The second kappa shape index (κ2) is 11.0. The molecule has 4 heteroatoms. The largest absolute Gasteiger partial charge is 0.426 e. The zero-order valence-electron chi connectivity index (χ0n) is 25.2. The molecular weight excluding hydrogens is 460 g/mol. The highest BCUT2D eigenvalue weighted by Crippen LogP contribution is 2.37. The molecule has 0 aromatic heterocycles. The number of ether oxygens (including phenoxy) is 2. The molecule has 2 aromatic rings. The van der Waals surface area contributed by atoms with Gasteiger partial charge in [0.1, 0.15) is 11.5 Å². The molecule has 0 saturated carbocycles. The highest BCUT2D eigenvalue weighted by atomic mass is 16.5. The molecule has 0 heterocycles. The Balaban J connectivity index is 2.05. The number of benzene rings is 2. The highest BCUT2D eigenvalue weighted by Gasteiger charge is 2.26. The van der Waals surface area contributed by atoms with E-state index in [9.17, 15) is 9.59 Å². The number of hydrogen-bond acceptors (Lipinski definition) is 4. The molecule has 0 saturated heterocycles. The van der Waals surface area contributed by atoms with Crippen LogP contribution in [0.3, 0.4) is 0 Å². The van der Waals surface area contributed by atoms with Crippen LogP contribution in [0.5, 0.6) is 11.5 Å². The zero-order chi connectivity index (χ0) is 28.4. The Morgan fingerprint density at radius 2 is 0.865 bits per heavy atom. The summed E-state index contributed by atoms with van der Waals surface area (Å²) in [6, 6.07) is 12.1. The predicted molar refractivity (Wildman–Crippen MR) is 153 cm³/mol. The van der Waals surface area contributed by atoms with Gasteiger partial charge in [0.2, 0.25) is 0 Å². The lowest BCUT2D eigenvalue weighted by atomic mass is 9.80. The van der Waals surface area contributed by atoms with Gasteiger partial charge in [-0.2, -0.15) is 0 Å². The molecule has 37 heavy (non-hydrogen) atoms. The number of esters is 2. The van der Waals surface area contributed by atoms with E-state index in [1.165, 1.54) is 11.1 Å². The second-order valence-electron chi connectivity index (χ2n) is 14.2. The van der Waals surface area contributed by atoms with Gasteiger partial charge in [0, 0.05) is 24.0 Å². The number of hydrogen-bond donors (Lipinski definition) is 0. The maximum absolute atomic E-state index is 12.7. The van der Waals surface area contributed by atoms with Gasteiger partial charge < -0.3 is 9.47 Å². The van der Waals surface area contributed by atoms with E-state index in [2.05, 4.69) is 95.2 Å².